The van der Waals surface area contributed by atoms with Crippen LogP contribution in [0.1, 0.15) is 53.7 Å². The maximum Gasteiger partial charge on any atom is 0.259 e. The molecule has 2 atom stereocenters. The van der Waals surface area contributed by atoms with Crippen LogP contribution in [0.4, 0.5) is 0 Å². The minimum atomic E-state index is -0.103. The van der Waals surface area contributed by atoms with Crippen LogP contribution in [0.25, 0.3) is 0 Å². The van der Waals surface area contributed by atoms with Gasteiger partial charge in [0, 0.05) is 31.4 Å². The highest BCUT2D eigenvalue weighted by Gasteiger charge is 2.43. The number of amides is 2. The minimum Gasteiger partial charge on any atom is -0.437 e. The largest absolute Gasteiger partial charge is 0.437 e. The van der Waals surface area contributed by atoms with Crippen molar-refractivity contribution in [2.45, 2.75) is 57.7 Å². The molecule has 3 aromatic rings. The Morgan fingerprint density at radius 2 is 1.86 bits per heavy atom. The van der Waals surface area contributed by atoms with E-state index < -0.39 is 0 Å². The summed E-state index contributed by atoms with van der Waals surface area (Å²) in [5, 5.41) is 0. The average Bonchev–Trinajstić information content (AvgIpc) is 3.29. The molecule has 0 aliphatic carbocycles. The van der Waals surface area contributed by atoms with Gasteiger partial charge < -0.3 is 14.5 Å². The second-order valence-electron chi connectivity index (χ2n) is 9.27. The molecule has 0 saturated carbocycles. The zero-order valence-corrected chi connectivity index (χ0v) is 20.0. The Morgan fingerprint density at radius 1 is 1.00 bits per heavy atom. The Morgan fingerprint density at radius 3 is 2.66 bits per heavy atom. The number of aryl methyl sites for hydroxylation is 1. The number of fused-ring (bicyclic) bond motifs is 1. The lowest BCUT2D eigenvalue weighted by molar-refractivity contribution is -0.135. The summed E-state index contributed by atoms with van der Waals surface area (Å²) in [5.41, 5.74) is 2.42. The molecule has 5 rings (SSSR count). The van der Waals surface area contributed by atoms with E-state index in [0.717, 1.165) is 36.9 Å². The molecule has 2 fully saturated rings. The number of aromatic nitrogens is 2. The Hall–Kier alpha value is -3.74. The zero-order chi connectivity index (χ0) is 24.2. The molecule has 0 radical (unpaired) electrons. The van der Waals surface area contributed by atoms with Crippen LogP contribution in [-0.2, 0) is 11.3 Å². The van der Waals surface area contributed by atoms with Crippen molar-refractivity contribution in [2.75, 3.05) is 6.54 Å². The molecule has 1 aromatic carbocycles. The SMILES string of the molecule is Cc1ccc(Oc2ncccc2C(=O)N2CC[C@H]3[C@H]2CCCCC(=O)N3Cc2ccccc2)cn1. The van der Waals surface area contributed by atoms with Crippen LogP contribution in [0.3, 0.4) is 0 Å². The Labute approximate surface area is 205 Å². The Balaban J connectivity index is 1.39. The lowest BCUT2D eigenvalue weighted by Crippen LogP contribution is -2.49. The van der Waals surface area contributed by atoms with Crippen molar-refractivity contribution in [3.05, 3.63) is 83.8 Å². The van der Waals surface area contributed by atoms with Crippen LogP contribution < -0.4 is 4.74 Å². The summed E-state index contributed by atoms with van der Waals surface area (Å²) in [7, 11) is 0. The van der Waals surface area contributed by atoms with Crippen molar-refractivity contribution in [1.82, 2.24) is 19.8 Å². The Kier molecular flexibility index (Phi) is 6.75. The van der Waals surface area contributed by atoms with Crippen LogP contribution in [0.2, 0.25) is 0 Å². The first-order valence-electron chi connectivity index (χ1n) is 12.3. The normalized spacial score (nSPS) is 20.2. The third-order valence-electron chi connectivity index (χ3n) is 6.93. The van der Waals surface area contributed by atoms with Gasteiger partial charge in [-0.2, -0.15) is 0 Å². The highest BCUT2D eigenvalue weighted by atomic mass is 16.5. The highest BCUT2D eigenvalue weighted by Crippen LogP contribution is 2.34. The van der Waals surface area contributed by atoms with Crippen LogP contribution in [0, 0.1) is 6.92 Å². The molecule has 35 heavy (non-hydrogen) atoms. The van der Waals surface area contributed by atoms with Gasteiger partial charge >= 0.3 is 0 Å². The van der Waals surface area contributed by atoms with Crippen LogP contribution in [-0.4, -0.2) is 50.2 Å². The lowest BCUT2D eigenvalue weighted by atomic mass is 9.96. The third-order valence-corrected chi connectivity index (χ3v) is 6.93. The smallest absolute Gasteiger partial charge is 0.259 e. The maximum atomic E-state index is 13.8. The number of hydrogen-bond donors (Lipinski definition) is 0. The first-order valence-corrected chi connectivity index (χ1v) is 12.3. The predicted octanol–water partition coefficient (Wildman–Crippen LogP) is 4.76. The molecular formula is C28H30N4O3. The molecule has 2 aliphatic heterocycles. The van der Waals surface area contributed by atoms with Gasteiger partial charge in [0.05, 0.1) is 18.3 Å². The number of benzene rings is 1. The number of hydrogen-bond acceptors (Lipinski definition) is 5. The molecule has 7 heteroatoms. The number of ether oxygens (including phenoxy) is 1. The first-order chi connectivity index (χ1) is 17.1. The van der Waals surface area contributed by atoms with E-state index in [9.17, 15) is 9.59 Å². The molecule has 0 spiro atoms. The summed E-state index contributed by atoms with van der Waals surface area (Å²) in [6.45, 7) is 3.09. The summed E-state index contributed by atoms with van der Waals surface area (Å²) in [6.07, 6.45) is 7.25. The molecule has 2 amide bonds. The molecule has 2 aliphatic rings. The lowest BCUT2D eigenvalue weighted by Gasteiger charge is -2.37. The quantitative estimate of drug-likeness (QED) is 0.537. The van der Waals surface area contributed by atoms with Crippen LogP contribution in [0.5, 0.6) is 11.6 Å². The van der Waals surface area contributed by atoms with Gasteiger partial charge in [0.1, 0.15) is 11.3 Å². The monoisotopic (exact) mass is 470 g/mol. The topological polar surface area (TPSA) is 75.6 Å². The summed E-state index contributed by atoms with van der Waals surface area (Å²) in [6, 6.07) is 17.3. The van der Waals surface area contributed by atoms with E-state index >= 15 is 0 Å². The van der Waals surface area contributed by atoms with Crippen molar-refractivity contribution >= 4 is 11.8 Å². The summed E-state index contributed by atoms with van der Waals surface area (Å²) < 4.78 is 5.96. The number of likely N-dealkylation sites (tertiary alicyclic amines) is 2. The summed E-state index contributed by atoms with van der Waals surface area (Å²) in [4.78, 5) is 39.5. The number of rotatable bonds is 5. The molecule has 0 N–H and O–H groups in total. The van der Waals surface area contributed by atoms with E-state index in [0.29, 0.717) is 30.8 Å². The predicted molar refractivity (Wildman–Crippen MR) is 132 cm³/mol. The average molecular weight is 471 g/mol. The van der Waals surface area contributed by atoms with Crippen LogP contribution in [0.15, 0.2) is 67.0 Å². The van der Waals surface area contributed by atoms with Gasteiger partial charge in [0.2, 0.25) is 11.8 Å². The molecule has 2 saturated heterocycles. The van der Waals surface area contributed by atoms with Gasteiger partial charge in [-0.25, -0.2) is 4.98 Å². The first kappa shape index (κ1) is 23.0. The van der Waals surface area contributed by atoms with E-state index in [1.165, 1.54) is 0 Å². The molecule has 4 heterocycles. The van der Waals surface area contributed by atoms with E-state index in [1.807, 2.05) is 47.1 Å². The van der Waals surface area contributed by atoms with E-state index in [2.05, 4.69) is 22.1 Å². The van der Waals surface area contributed by atoms with Gasteiger partial charge in [-0.05, 0) is 56.0 Å². The van der Waals surface area contributed by atoms with Crippen LogP contribution >= 0.6 is 0 Å². The standard InChI is InChI=1S/C28H30N4O3/c1-20-13-14-22(18-30-20)35-27-23(10-7-16-29-27)28(34)31-17-15-25-24(31)11-5-6-12-26(33)32(25)19-21-8-3-2-4-9-21/h2-4,7-10,13-14,16,18,24-25H,5-6,11-12,15,17,19H2,1H3/t24-,25+/m1/s1. The minimum absolute atomic E-state index is 0.00861. The zero-order valence-electron chi connectivity index (χ0n) is 20.0. The molecule has 180 valence electrons. The molecule has 0 unspecified atom stereocenters. The molecular weight excluding hydrogens is 440 g/mol. The van der Waals surface area contributed by atoms with E-state index in [-0.39, 0.29) is 29.8 Å². The van der Waals surface area contributed by atoms with Crippen molar-refractivity contribution in [3.8, 4) is 11.6 Å². The number of pyridine rings is 2. The molecule has 2 aromatic heterocycles. The number of carbonyl (C=O) groups is 2. The van der Waals surface area contributed by atoms with Gasteiger partial charge in [-0.15, -0.1) is 0 Å². The highest BCUT2D eigenvalue weighted by molar-refractivity contribution is 5.97. The number of nitrogens with zero attached hydrogens (tertiary/aromatic N) is 4. The van der Waals surface area contributed by atoms with E-state index in [1.54, 1.807) is 24.5 Å². The second-order valence-corrected chi connectivity index (χ2v) is 9.27. The Bertz CT molecular complexity index is 1180. The molecule has 7 nitrogen and oxygen atoms in total. The molecule has 0 bridgehead atoms. The van der Waals surface area contributed by atoms with Crippen molar-refractivity contribution in [3.63, 3.8) is 0 Å². The summed E-state index contributed by atoms with van der Waals surface area (Å²) >= 11 is 0. The van der Waals surface area contributed by atoms with Crippen molar-refractivity contribution in [1.29, 1.82) is 0 Å². The summed E-state index contributed by atoms with van der Waals surface area (Å²) in [5.74, 6) is 0.881. The van der Waals surface area contributed by atoms with E-state index in [4.69, 9.17) is 4.74 Å². The van der Waals surface area contributed by atoms with Gasteiger partial charge in [0.15, 0.2) is 0 Å². The number of carbonyl (C=O) groups excluding carboxylic acids is 2. The van der Waals surface area contributed by atoms with Gasteiger partial charge in [-0.3, -0.25) is 14.6 Å². The fourth-order valence-electron chi connectivity index (χ4n) is 5.16. The van der Waals surface area contributed by atoms with Crippen molar-refractivity contribution < 1.29 is 14.3 Å². The van der Waals surface area contributed by atoms with Gasteiger partial charge in [0.25, 0.3) is 5.91 Å². The fourth-order valence-corrected chi connectivity index (χ4v) is 5.16. The van der Waals surface area contributed by atoms with Crippen molar-refractivity contribution in [2.24, 2.45) is 0 Å². The fraction of sp³-hybridized carbons (Fsp3) is 0.357. The third kappa shape index (κ3) is 5.04. The van der Waals surface area contributed by atoms with Gasteiger partial charge in [-0.1, -0.05) is 36.8 Å². The maximum absolute atomic E-state index is 13.8. The second kappa shape index (κ2) is 10.3.